The van der Waals surface area contributed by atoms with Gasteiger partial charge in [-0.1, -0.05) is 107 Å². The fourth-order valence-corrected chi connectivity index (χ4v) is 12.2. The molecule has 0 atom stereocenters. The Bertz CT molecular complexity index is 4470. The standard InChI is InChI=1S/C52H20Cl4N4O2/c53-33-17-29-39-31(51(61)59-47-27-15-23-7-3-1-5-21(23)13-25(27)9-11-37(47)57-49(29)59)19-35(55)43-42-34(54)18-30-40-32(20-36(56)44(46(40)42)41(33)45(39)43)52(62)60-48-28-16-24-8-4-2-6-22(24)14-26(28)10-12-38(48)58-50(30)60/h1-20H. The largest absolute Gasteiger partial charge is 0.268 e. The zero-order valence-electron chi connectivity index (χ0n) is 31.7. The van der Waals surface area contributed by atoms with Gasteiger partial charge in [-0.25, -0.2) is 9.97 Å². The van der Waals surface area contributed by atoms with E-state index in [4.69, 9.17) is 56.4 Å². The number of pyridine rings is 2. The van der Waals surface area contributed by atoms with Gasteiger partial charge in [0.1, 0.15) is 11.3 Å². The van der Waals surface area contributed by atoms with Gasteiger partial charge in [0.2, 0.25) is 0 Å². The van der Waals surface area contributed by atoms with Crippen LogP contribution in [0.2, 0.25) is 20.1 Å². The summed E-state index contributed by atoms with van der Waals surface area (Å²) in [4.78, 5) is 40.3. The molecule has 10 heteroatoms. The Hall–Kier alpha value is -6.80. The van der Waals surface area contributed by atoms with Crippen molar-refractivity contribution < 1.29 is 0 Å². The Labute approximate surface area is 366 Å². The van der Waals surface area contributed by atoms with Crippen LogP contribution in [0.15, 0.2) is 131 Å². The predicted octanol–water partition coefficient (Wildman–Crippen LogP) is 14.5. The van der Waals surface area contributed by atoms with E-state index in [0.29, 0.717) is 118 Å². The zero-order chi connectivity index (χ0) is 41.2. The van der Waals surface area contributed by atoms with Gasteiger partial charge < -0.3 is 0 Å². The minimum atomic E-state index is -0.254. The molecule has 4 aromatic heterocycles. The van der Waals surface area contributed by atoms with Crippen molar-refractivity contribution in [2.75, 3.05) is 0 Å². The third-order valence-electron chi connectivity index (χ3n) is 13.5. The van der Waals surface area contributed by atoms with E-state index in [9.17, 15) is 0 Å². The molecule has 0 amide bonds. The first kappa shape index (κ1) is 33.9. The molecule has 62 heavy (non-hydrogen) atoms. The van der Waals surface area contributed by atoms with Gasteiger partial charge >= 0.3 is 0 Å². The number of nitrogens with zero attached hydrogens (tertiary/aromatic N) is 4. The molecule has 0 unspecified atom stereocenters. The van der Waals surface area contributed by atoms with Crippen LogP contribution in [0.1, 0.15) is 0 Å². The van der Waals surface area contributed by atoms with Gasteiger partial charge in [-0.05, 0) is 93.0 Å². The minimum absolute atomic E-state index is 0.254. The quantitative estimate of drug-likeness (QED) is 0.112. The molecule has 0 aliphatic carbocycles. The molecule has 0 aliphatic heterocycles. The lowest BCUT2D eigenvalue weighted by Crippen LogP contribution is -2.14. The second kappa shape index (κ2) is 11.2. The van der Waals surface area contributed by atoms with Gasteiger partial charge in [0, 0.05) is 84.7 Å². The van der Waals surface area contributed by atoms with E-state index >= 15 is 9.59 Å². The van der Waals surface area contributed by atoms with Gasteiger partial charge in [-0.15, -0.1) is 0 Å². The van der Waals surface area contributed by atoms with Crippen LogP contribution < -0.4 is 11.1 Å². The van der Waals surface area contributed by atoms with E-state index in [1.54, 1.807) is 20.9 Å². The smallest absolute Gasteiger partial charge is 0.264 e. The van der Waals surface area contributed by atoms with Crippen molar-refractivity contribution in [2.45, 2.75) is 0 Å². The summed E-state index contributed by atoms with van der Waals surface area (Å²) in [6.07, 6.45) is 0. The molecule has 0 spiro atoms. The lowest BCUT2D eigenvalue weighted by atomic mass is 9.86. The summed E-state index contributed by atoms with van der Waals surface area (Å²) in [5.74, 6) is 0. The highest BCUT2D eigenvalue weighted by Gasteiger charge is 2.30. The second-order valence-electron chi connectivity index (χ2n) is 16.5. The molecule has 0 N–H and O–H groups in total. The van der Waals surface area contributed by atoms with Crippen LogP contribution in [0.4, 0.5) is 0 Å². The van der Waals surface area contributed by atoms with E-state index in [1.165, 1.54) is 0 Å². The number of aromatic nitrogens is 4. The Morgan fingerprint density at radius 3 is 1.08 bits per heavy atom. The summed E-state index contributed by atoms with van der Waals surface area (Å²) in [5.41, 5.74) is 3.26. The van der Waals surface area contributed by atoms with E-state index in [0.717, 1.165) is 43.1 Å². The summed E-state index contributed by atoms with van der Waals surface area (Å²) >= 11 is 29.8. The third-order valence-corrected chi connectivity index (χ3v) is 14.7. The number of halogens is 4. The van der Waals surface area contributed by atoms with Crippen LogP contribution >= 0.6 is 46.4 Å². The molecule has 0 bridgehead atoms. The highest BCUT2D eigenvalue weighted by atomic mass is 35.5. The third kappa shape index (κ3) is 3.88. The van der Waals surface area contributed by atoms with E-state index in [2.05, 4.69) is 48.5 Å². The van der Waals surface area contributed by atoms with Crippen molar-refractivity contribution in [1.82, 2.24) is 18.8 Å². The summed E-state index contributed by atoms with van der Waals surface area (Å²) in [7, 11) is 0. The Balaban J connectivity index is 1.13. The first-order chi connectivity index (χ1) is 30.2. The maximum atomic E-state index is 15.1. The van der Waals surface area contributed by atoms with Gasteiger partial charge in [-0.2, -0.15) is 0 Å². The number of hydrogen-bond donors (Lipinski definition) is 0. The van der Waals surface area contributed by atoms with Gasteiger partial charge in [0.15, 0.2) is 0 Å². The normalized spacial score (nSPS) is 13.0. The summed E-state index contributed by atoms with van der Waals surface area (Å²) in [6, 6.07) is 40.1. The molecular weight excluding hydrogens is 854 g/mol. The molecule has 0 aliphatic rings. The van der Waals surface area contributed by atoms with E-state index in [-0.39, 0.29) is 11.1 Å². The number of benzene rings is 11. The number of imidazole rings is 2. The van der Waals surface area contributed by atoms with Crippen LogP contribution in [-0.2, 0) is 0 Å². The van der Waals surface area contributed by atoms with Crippen molar-refractivity contribution >= 4 is 187 Å². The molecular formula is C52H20Cl4N4O2. The van der Waals surface area contributed by atoms with Crippen LogP contribution in [0.5, 0.6) is 0 Å². The lowest BCUT2D eigenvalue weighted by molar-refractivity contribution is 1.19. The van der Waals surface area contributed by atoms with E-state index in [1.807, 2.05) is 60.7 Å². The molecule has 15 aromatic rings. The molecule has 15 rings (SSSR count). The van der Waals surface area contributed by atoms with E-state index < -0.39 is 0 Å². The molecule has 0 radical (unpaired) electrons. The number of rotatable bonds is 0. The Morgan fingerprint density at radius 2 is 0.694 bits per heavy atom. The van der Waals surface area contributed by atoms with Gasteiger partial charge in [-0.3, -0.25) is 18.4 Å². The van der Waals surface area contributed by atoms with Crippen LogP contribution in [0, 0.1) is 0 Å². The van der Waals surface area contributed by atoms with Crippen molar-refractivity contribution in [3.63, 3.8) is 0 Å². The number of fused-ring (bicyclic) bond motifs is 16. The van der Waals surface area contributed by atoms with Crippen LogP contribution in [-0.4, -0.2) is 18.8 Å². The van der Waals surface area contributed by atoms with Gasteiger partial charge in [0.25, 0.3) is 11.1 Å². The summed E-state index contributed by atoms with van der Waals surface area (Å²) in [5, 5.41) is 16.9. The highest BCUT2D eigenvalue weighted by Crippen LogP contribution is 2.53. The van der Waals surface area contributed by atoms with Crippen molar-refractivity contribution in [3.05, 3.63) is 162 Å². The predicted molar refractivity (Wildman–Crippen MR) is 260 cm³/mol. The van der Waals surface area contributed by atoms with Gasteiger partial charge in [0.05, 0.1) is 32.8 Å². The molecule has 0 saturated carbocycles. The molecule has 288 valence electrons. The molecule has 4 heterocycles. The zero-order valence-corrected chi connectivity index (χ0v) is 34.7. The molecule has 11 aromatic carbocycles. The summed E-state index contributed by atoms with van der Waals surface area (Å²) in [6.45, 7) is 0. The molecule has 6 nitrogen and oxygen atoms in total. The molecule has 0 fully saturated rings. The average Bonchev–Trinajstić information content (AvgIpc) is 3.88. The van der Waals surface area contributed by atoms with Crippen molar-refractivity contribution in [3.8, 4) is 0 Å². The van der Waals surface area contributed by atoms with Crippen LogP contribution in [0.3, 0.4) is 0 Å². The minimum Gasteiger partial charge on any atom is -0.268 e. The van der Waals surface area contributed by atoms with Crippen molar-refractivity contribution in [2.24, 2.45) is 0 Å². The SMILES string of the molecule is O=c1c2cc(Cl)c3c4c(Cl)cc5c6c(cc(Cl)c(c7c(Cl)cc(c2c37)c2nc3ccc7cc8ccccc8cc7c3n12)c46)c(=O)n1c5nc2ccc3cc4ccccc4cc3c21. The summed E-state index contributed by atoms with van der Waals surface area (Å²) < 4.78 is 3.40. The first-order valence-electron chi connectivity index (χ1n) is 20.0. The maximum absolute atomic E-state index is 15.1. The molecule has 0 saturated heterocycles. The average molecular weight is 875 g/mol. The fraction of sp³-hybridized carbons (Fsp3) is 0. The fourth-order valence-electron chi connectivity index (χ4n) is 11.0. The lowest BCUT2D eigenvalue weighted by Gasteiger charge is -2.21. The Kier molecular flexibility index (Phi) is 6.10. The van der Waals surface area contributed by atoms with Crippen LogP contribution in [0.25, 0.3) is 141 Å². The second-order valence-corrected chi connectivity index (χ2v) is 18.1. The van der Waals surface area contributed by atoms with Crippen molar-refractivity contribution in [1.29, 1.82) is 0 Å². The first-order valence-corrected chi connectivity index (χ1v) is 21.5. The Morgan fingerprint density at radius 1 is 0.339 bits per heavy atom. The number of hydrogen-bond acceptors (Lipinski definition) is 4. The maximum Gasteiger partial charge on any atom is 0.264 e. The monoisotopic (exact) mass is 872 g/mol. The highest BCUT2D eigenvalue weighted by molar-refractivity contribution is 6.56. The topological polar surface area (TPSA) is 68.7 Å².